The van der Waals surface area contributed by atoms with E-state index in [4.69, 9.17) is 18.9 Å². The maximum Gasteiger partial charge on any atom is 0.229 e. The highest BCUT2D eigenvalue weighted by Crippen LogP contribution is 2.34. The molecule has 7 N–H and O–H groups in total. The van der Waals surface area contributed by atoms with Crippen molar-refractivity contribution in [1.82, 2.24) is 0 Å². The molecular formula is C26H36O11. The van der Waals surface area contributed by atoms with Crippen LogP contribution in [0.4, 0.5) is 0 Å². The summed E-state index contributed by atoms with van der Waals surface area (Å²) in [4.78, 5) is 0. The van der Waals surface area contributed by atoms with Crippen LogP contribution in [-0.2, 0) is 17.6 Å². The van der Waals surface area contributed by atoms with Crippen LogP contribution < -0.4 is 14.2 Å². The van der Waals surface area contributed by atoms with Gasteiger partial charge < -0.3 is 54.7 Å². The summed E-state index contributed by atoms with van der Waals surface area (Å²) in [6.45, 7) is -0.915. The van der Waals surface area contributed by atoms with Crippen LogP contribution in [0, 0.1) is 11.8 Å². The zero-order chi connectivity index (χ0) is 27.1. The Bertz CT molecular complexity index is 998. The molecule has 37 heavy (non-hydrogen) atoms. The fraction of sp³-hybridized carbons (Fsp3) is 0.538. The Morgan fingerprint density at radius 2 is 1.32 bits per heavy atom. The molecule has 1 fully saturated rings. The van der Waals surface area contributed by atoms with E-state index < -0.39 is 37.3 Å². The molecule has 11 nitrogen and oxygen atoms in total. The first-order valence-corrected chi connectivity index (χ1v) is 12.0. The van der Waals surface area contributed by atoms with Gasteiger partial charge in [-0.1, -0.05) is 12.1 Å². The molecule has 7 atom stereocenters. The molecule has 1 saturated heterocycles. The Balaban J connectivity index is 1.73. The lowest BCUT2D eigenvalue weighted by molar-refractivity contribution is -0.277. The third-order valence-electron chi connectivity index (χ3n) is 6.70. The predicted octanol–water partition coefficient (Wildman–Crippen LogP) is -0.410. The lowest BCUT2D eigenvalue weighted by Crippen LogP contribution is -2.60. The normalized spacial score (nSPS) is 25.4. The van der Waals surface area contributed by atoms with Crippen molar-refractivity contribution in [2.75, 3.05) is 34.0 Å². The number of aromatic hydroxyl groups is 1. The summed E-state index contributed by atoms with van der Waals surface area (Å²) in [5, 5.41) is 69.6. The van der Waals surface area contributed by atoms with Crippen molar-refractivity contribution < 1.29 is 54.7 Å². The molecule has 2 aromatic carbocycles. The summed E-state index contributed by atoms with van der Waals surface area (Å²) >= 11 is 0. The average Bonchev–Trinajstić information content (AvgIpc) is 2.92. The second-order valence-electron chi connectivity index (χ2n) is 9.10. The van der Waals surface area contributed by atoms with E-state index in [9.17, 15) is 35.7 Å². The number of benzene rings is 2. The standard InChI is InChI=1S/C26H36O11/c1-34-20-9-14(3-5-18(20)30)7-16(11-27)17(12-28)8-15-4-6-19(21(10-15)35-2)36-26-25(33)24(32)23(31)22(13-29)37-26/h3-6,9-10,16-17,22-33H,7-8,11-13H2,1-2H3. The van der Waals surface area contributed by atoms with Gasteiger partial charge in [0.15, 0.2) is 23.0 Å². The van der Waals surface area contributed by atoms with Gasteiger partial charge in [0, 0.05) is 13.2 Å². The number of phenols is 1. The SMILES string of the molecule is COc1cc(CC(CO)C(CO)Cc2ccc(OC3OC(CO)C(O)C(O)C3O)c(OC)c2)ccc1O. The van der Waals surface area contributed by atoms with E-state index in [0.717, 1.165) is 11.1 Å². The molecule has 0 radical (unpaired) electrons. The monoisotopic (exact) mass is 524 g/mol. The summed E-state index contributed by atoms with van der Waals surface area (Å²) in [5.74, 6) is 0.265. The average molecular weight is 525 g/mol. The summed E-state index contributed by atoms with van der Waals surface area (Å²) in [7, 11) is 2.88. The molecule has 3 rings (SSSR count). The van der Waals surface area contributed by atoms with E-state index in [2.05, 4.69) is 0 Å². The molecule has 2 aromatic rings. The topological polar surface area (TPSA) is 179 Å². The minimum atomic E-state index is -1.57. The number of ether oxygens (including phenoxy) is 4. The molecule has 0 aromatic heterocycles. The fourth-order valence-corrected chi connectivity index (χ4v) is 4.44. The molecule has 0 bridgehead atoms. The van der Waals surface area contributed by atoms with Gasteiger partial charge in [0.1, 0.15) is 24.4 Å². The molecular weight excluding hydrogens is 488 g/mol. The van der Waals surface area contributed by atoms with Gasteiger partial charge in [-0.05, 0) is 60.1 Å². The van der Waals surface area contributed by atoms with Crippen LogP contribution in [0.25, 0.3) is 0 Å². The van der Waals surface area contributed by atoms with Crippen LogP contribution in [0.2, 0.25) is 0 Å². The maximum atomic E-state index is 10.3. The Morgan fingerprint density at radius 3 is 1.86 bits per heavy atom. The van der Waals surface area contributed by atoms with Crippen LogP contribution in [0.3, 0.4) is 0 Å². The second-order valence-corrected chi connectivity index (χ2v) is 9.10. The summed E-state index contributed by atoms with van der Waals surface area (Å²) in [6.07, 6.45) is -6.24. The van der Waals surface area contributed by atoms with E-state index in [1.54, 1.807) is 30.3 Å². The number of phenolic OH excluding ortho intramolecular Hbond substituents is 1. The van der Waals surface area contributed by atoms with E-state index in [1.165, 1.54) is 20.3 Å². The number of aliphatic hydroxyl groups excluding tert-OH is 6. The summed E-state index contributed by atoms with van der Waals surface area (Å²) in [6, 6.07) is 9.98. The van der Waals surface area contributed by atoms with Crippen molar-refractivity contribution >= 4 is 0 Å². The van der Waals surface area contributed by atoms with E-state index in [-0.39, 0.29) is 36.5 Å². The zero-order valence-corrected chi connectivity index (χ0v) is 20.8. The quantitative estimate of drug-likeness (QED) is 0.192. The fourth-order valence-electron chi connectivity index (χ4n) is 4.44. The van der Waals surface area contributed by atoms with Gasteiger partial charge in [0.2, 0.25) is 6.29 Å². The molecule has 0 spiro atoms. The van der Waals surface area contributed by atoms with Crippen LogP contribution in [-0.4, -0.2) is 100 Å². The Morgan fingerprint density at radius 1 is 0.757 bits per heavy atom. The van der Waals surface area contributed by atoms with Crippen LogP contribution in [0.1, 0.15) is 11.1 Å². The highest BCUT2D eigenvalue weighted by molar-refractivity contribution is 5.44. The van der Waals surface area contributed by atoms with E-state index >= 15 is 0 Å². The van der Waals surface area contributed by atoms with Gasteiger partial charge in [-0.15, -0.1) is 0 Å². The van der Waals surface area contributed by atoms with Crippen molar-refractivity contribution in [3.63, 3.8) is 0 Å². The Kier molecular flexibility index (Phi) is 10.4. The van der Waals surface area contributed by atoms with Crippen LogP contribution >= 0.6 is 0 Å². The van der Waals surface area contributed by atoms with E-state index in [1.807, 2.05) is 0 Å². The number of methoxy groups -OCH3 is 2. The Hall–Kier alpha value is -2.64. The van der Waals surface area contributed by atoms with Gasteiger partial charge in [-0.3, -0.25) is 0 Å². The molecule has 7 unspecified atom stereocenters. The smallest absolute Gasteiger partial charge is 0.229 e. The lowest BCUT2D eigenvalue weighted by atomic mass is 9.83. The van der Waals surface area contributed by atoms with Gasteiger partial charge in [0.25, 0.3) is 0 Å². The van der Waals surface area contributed by atoms with Gasteiger partial charge in [-0.25, -0.2) is 0 Å². The molecule has 0 aliphatic carbocycles. The molecule has 1 heterocycles. The molecule has 11 heteroatoms. The van der Waals surface area contributed by atoms with Crippen LogP contribution in [0.5, 0.6) is 23.0 Å². The first-order chi connectivity index (χ1) is 17.8. The summed E-state index contributed by atoms with van der Waals surface area (Å²) in [5.41, 5.74) is 1.63. The number of hydrogen-bond donors (Lipinski definition) is 7. The molecule has 206 valence electrons. The number of rotatable bonds is 12. The van der Waals surface area contributed by atoms with Gasteiger partial charge in [-0.2, -0.15) is 0 Å². The van der Waals surface area contributed by atoms with Crippen molar-refractivity contribution in [3.8, 4) is 23.0 Å². The van der Waals surface area contributed by atoms with Crippen molar-refractivity contribution in [1.29, 1.82) is 0 Å². The largest absolute Gasteiger partial charge is 0.504 e. The van der Waals surface area contributed by atoms with Crippen molar-refractivity contribution in [3.05, 3.63) is 47.5 Å². The summed E-state index contributed by atoms with van der Waals surface area (Å²) < 4.78 is 21.7. The first kappa shape index (κ1) is 28.9. The molecule has 1 aliphatic rings. The minimum absolute atomic E-state index is 0.0172. The highest BCUT2D eigenvalue weighted by Gasteiger charge is 2.45. The zero-order valence-electron chi connectivity index (χ0n) is 20.8. The van der Waals surface area contributed by atoms with Gasteiger partial charge >= 0.3 is 0 Å². The molecule has 0 amide bonds. The van der Waals surface area contributed by atoms with Crippen molar-refractivity contribution in [2.24, 2.45) is 11.8 Å². The highest BCUT2D eigenvalue weighted by atomic mass is 16.7. The molecule has 1 aliphatic heterocycles. The Labute approximate surface area is 215 Å². The maximum absolute atomic E-state index is 10.3. The molecule has 0 saturated carbocycles. The second kappa shape index (κ2) is 13.2. The minimum Gasteiger partial charge on any atom is -0.504 e. The first-order valence-electron chi connectivity index (χ1n) is 12.0. The third kappa shape index (κ3) is 6.82. The number of hydrogen-bond acceptors (Lipinski definition) is 11. The lowest BCUT2D eigenvalue weighted by Gasteiger charge is -2.39. The third-order valence-corrected chi connectivity index (χ3v) is 6.70. The van der Waals surface area contributed by atoms with E-state index in [0.29, 0.717) is 24.3 Å². The van der Waals surface area contributed by atoms with Crippen molar-refractivity contribution in [2.45, 2.75) is 43.5 Å². The number of aliphatic hydroxyl groups is 6. The van der Waals surface area contributed by atoms with Gasteiger partial charge in [0.05, 0.1) is 20.8 Å². The predicted molar refractivity (Wildman–Crippen MR) is 131 cm³/mol. The van der Waals surface area contributed by atoms with Crippen LogP contribution in [0.15, 0.2) is 36.4 Å².